The van der Waals surface area contributed by atoms with Gasteiger partial charge in [0.25, 0.3) is 0 Å². The summed E-state index contributed by atoms with van der Waals surface area (Å²) in [6.45, 7) is 14.6. The first-order valence-electron chi connectivity index (χ1n) is 14.0. The molecule has 0 amide bonds. The van der Waals surface area contributed by atoms with Gasteiger partial charge in [-0.25, -0.2) is 4.39 Å². The third kappa shape index (κ3) is 7.13. The molecule has 0 spiro atoms. The van der Waals surface area contributed by atoms with Gasteiger partial charge in [-0.05, 0) is 99.5 Å². The van der Waals surface area contributed by atoms with E-state index in [1.54, 1.807) is 0 Å². The first kappa shape index (κ1) is 29.6. The van der Waals surface area contributed by atoms with Gasteiger partial charge in [0.1, 0.15) is 17.9 Å². The molecule has 0 radical (unpaired) electrons. The topological polar surface area (TPSA) is 72.8 Å². The van der Waals surface area contributed by atoms with Gasteiger partial charge in [-0.2, -0.15) is 0 Å². The van der Waals surface area contributed by atoms with Crippen LogP contribution in [0.15, 0.2) is 35.5 Å². The lowest BCUT2D eigenvalue weighted by Crippen LogP contribution is -2.38. The fourth-order valence-corrected chi connectivity index (χ4v) is 7.34. The molecule has 3 aliphatic rings. The lowest BCUT2D eigenvalue weighted by Gasteiger charge is -2.44. The van der Waals surface area contributed by atoms with E-state index >= 15 is 0 Å². The van der Waals surface area contributed by atoms with E-state index < -0.39 is 29.9 Å². The minimum Gasteiger partial charge on any atom is -0.459 e. The number of ether oxygens (including phenoxy) is 2. The number of aliphatic hydroxyl groups is 1. The standard InChI is InChI=1S/C31H47FO5/c1-19(10-15-29(30(5,6)32)37-22(4)34)26-13-14-27-23(9-8-16-31(26,27)7)11-12-24-17-25(35)18-28(20(24)2)36-21(3)33/h11-12,19,25-29,35H,2,8-10,13-18H2,1,3-7H3/b23-11+,24-12-/t19-,25-,26-,27+,28+,29?,31-/m1/s1. The third-order valence-electron chi connectivity index (χ3n) is 9.23. The zero-order valence-corrected chi connectivity index (χ0v) is 23.6. The quantitative estimate of drug-likeness (QED) is 0.358. The smallest absolute Gasteiger partial charge is 0.303 e. The Morgan fingerprint density at radius 1 is 1.22 bits per heavy atom. The van der Waals surface area contributed by atoms with Crippen molar-refractivity contribution in [2.24, 2.45) is 23.2 Å². The molecule has 3 fully saturated rings. The number of carbonyl (C=O) groups excluding carboxylic acids is 2. The summed E-state index contributed by atoms with van der Waals surface area (Å²) in [4.78, 5) is 23.0. The van der Waals surface area contributed by atoms with E-state index in [2.05, 4.69) is 32.6 Å². The van der Waals surface area contributed by atoms with E-state index in [1.165, 1.54) is 39.7 Å². The fraction of sp³-hybridized carbons (Fsp3) is 0.742. The predicted molar refractivity (Wildman–Crippen MR) is 143 cm³/mol. The van der Waals surface area contributed by atoms with E-state index in [-0.39, 0.29) is 11.4 Å². The van der Waals surface area contributed by atoms with E-state index in [4.69, 9.17) is 9.47 Å². The number of aliphatic hydroxyl groups excluding tert-OH is 1. The molecule has 7 atom stereocenters. The number of allylic oxidation sites excluding steroid dienone is 3. The van der Waals surface area contributed by atoms with Crippen molar-refractivity contribution < 1.29 is 28.6 Å². The van der Waals surface area contributed by atoms with Crippen molar-refractivity contribution in [2.45, 2.75) is 123 Å². The van der Waals surface area contributed by atoms with Crippen molar-refractivity contribution in [2.75, 3.05) is 0 Å². The Bertz CT molecular complexity index is 928. The molecule has 3 rings (SSSR count). The van der Waals surface area contributed by atoms with Crippen LogP contribution in [0.3, 0.4) is 0 Å². The van der Waals surface area contributed by atoms with E-state index in [0.717, 1.165) is 43.3 Å². The number of fused-ring (bicyclic) bond motifs is 1. The summed E-state index contributed by atoms with van der Waals surface area (Å²) in [5.74, 6) is 0.653. The summed E-state index contributed by atoms with van der Waals surface area (Å²) in [5, 5.41) is 10.3. The maximum atomic E-state index is 14.7. The van der Waals surface area contributed by atoms with Gasteiger partial charge in [-0.1, -0.05) is 38.2 Å². The first-order valence-corrected chi connectivity index (χ1v) is 14.0. The number of halogens is 1. The molecule has 0 bridgehead atoms. The maximum absolute atomic E-state index is 14.7. The lowest BCUT2D eigenvalue weighted by molar-refractivity contribution is -0.154. The van der Waals surface area contributed by atoms with Crippen LogP contribution >= 0.6 is 0 Å². The van der Waals surface area contributed by atoms with Crippen molar-refractivity contribution in [3.63, 3.8) is 0 Å². The molecule has 3 aliphatic carbocycles. The number of carbonyl (C=O) groups is 2. The van der Waals surface area contributed by atoms with Crippen LogP contribution in [0.2, 0.25) is 0 Å². The van der Waals surface area contributed by atoms with Gasteiger partial charge in [-0.3, -0.25) is 9.59 Å². The molecule has 0 aromatic rings. The van der Waals surface area contributed by atoms with Crippen molar-refractivity contribution in [3.05, 3.63) is 35.5 Å². The second kappa shape index (κ2) is 11.8. The molecular formula is C31H47FO5. The van der Waals surface area contributed by atoms with Crippen LogP contribution in [0.25, 0.3) is 0 Å². The second-order valence-corrected chi connectivity index (χ2v) is 12.5. The number of esters is 2. The van der Waals surface area contributed by atoms with Crippen molar-refractivity contribution in [1.29, 1.82) is 0 Å². The molecular weight excluding hydrogens is 471 g/mol. The highest BCUT2D eigenvalue weighted by atomic mass is 19.1. The van der Waals surface area contributed by atoms with E-state index in [9.17, 15) is 19.1 Å². The normalized spacial score (nSPS) is 34.2. The first-order chi connectivity index (χ1) is 17.2. The van der Waals surface area contributed by atoms with Crippen molar-refractivity contribution in [1.82, 2.24) is 0 Å². The van der Waals surface area contributed by atoms with Crippen LogP contribution in [0.5, 0.6) is 0 Å². The van der Waals surface area contributed by atoms with Crippen LogP contribution in [0, 0.1) is 23.2 Å². The van der Waals surface area contributed by atoms with E-state index in [1.807, 2.05) is 0 Å². The van der Waals surface area contributed by atoms with Gasteiger partial charge >= 0.3 is 11.9 Å². The van der Waals surface area contributed by atoms with Gasteiger partial charge in [0.05, 0.1) is 6.10 Å². The average molecular weight is 519 g/mol. The Kier molecular flexibility index (Phi) is 9.47. The minimum atomic E-state index is -1.56. The van der Waals surface area contributed by atoms with Crippen molar-refractivity contribution in [3.8, 4) is 0 Å². The molecule has 37 heavy (non-hydrogen) atoms. The second-order valence-electron chi connectivity index (χ2n) is 12.5. The number of hydrogen-bond donors (Lipinski definition) is 1. The highest BCUT2D eigenvalue weighted by Crippen LogP contribution is 2.60. The molecule has 1 N–H and O–H groups in total. The Labute approximate surface area is 222 Å². The number of rotatable bonds is 8. The molecule has 0 heterocycles. The van der Waals surface area contributed by atoms with Gasteiger partial charge in [-0.15, -0.1) is 0 Å². The lowest BCUT2D eigenvalue weighted by atomic mass is 9.60. The van der Waals surface area contributed by atoms with Crippen LogP contribution < -0.4 is 0 Å². The molecule has 0 aromatic carbocycles. The zero-order valence-electron chi connectivity index (χ0n) is 23.6. The molecule has 3 saturated carbocycles. The van der Waals surface area contributed by atoms with Crippen LogP contribution in [-0.2, 0) is 19.1 Å². The molecule has 6 heteroatoms. The summed E-state index contributed by atoms with van der Waals surface area (Å²) in [6, 6.07) is 0. The van der Waals surface area contributed by atoms with Gasteiger partial charge in [0.2, 0.25) is 0 Å². The fourth-order valence-electron chi connectivity index (χ4n) is 7.34. The Balaban J connectivity index is 1.72. The number of alkyl halides is 1. The molecule has 1 unspecified atom stereocenters. The molecule has 0 aliphatic heterocycles. The summed E-state index contributed by atoms with van der Waals surface area (Å²) in [7, 11) is 0. The maximum Gasteiger partial charge on any atom is 0.303 e. The largest absolute Gasteiger partial charge is 0.459 e. The van der Waals surface area contributed by atoms with Crippen LogP contribution in [0.1, 0.15) is 99.3 Å². The minimum absolute atomic E-state index is 0.188. The highest BCUT2D eigenvalue weighted by Gasteiger charge is 2.50. The Hall–Kier alpha value is -1.95. The summed E-state index contributed by atoms with van der Waals surface area (Å²) < 4.78 is 25.4. The SMILES string of the molecule is C=C1/C(=C\C=C2/CCC[C@]3(C)[C@@H]([C@H](C)CCC(OC(C)=O)C(C)(C)F)CC[C@@H]23)C[C@@H](O)C[C@@H]1OC(C)=O. The predicted octanol–water partition coefficient (Wildman–Crippen LogP) is 6.79. The zero-order chi connectivity index (χ0) is 27.5. The monoisotopic (exact) mass is 518 g/mol. The summed E-state index contributed by atoms with van der Waals surface area (Å²) >= 11 is 0. The summed E-state index contributed by atoms with van der Waals surface area (Å²) in [6.07, 6.45) is 10.5. The van der Waals surface area contributed by atoms with Gasteiger partial charge in [0.15, 0.2) is 0 Å². The van der Waals surface area contributed by atoms with Crippen molar-refractivity contribution >= 4 is 11.9 Å². The number of hydrogen-bond acceptors (Lipinski definition) is 5. The molecule has 0 aromatic heterocycles. The van der Waals surface area contributed by atoms with Gasteiger partial charge < -0.3 is 14.6 Å². The molecule has 208 valence electrons. The van der Waals surface area contributed by atoms with Crippen LogP contribution in [-0.4, -0.2) is 41.0 Å². The average Bonchev–Trinajstić information content (AvgIpc) is 3.14. The van der Waals surface area contributed by atoms with Crippen LogP contribution in [0.4, 0.5) is 4.39 Å². The Morgan fingerprint density at radius 3 is 2.54 bits per heavy atom. The van der Waals surface area contributed by atoms with Gasteiger partial charge in [0, 0.05) is 20.3 Å². The molecule has 5 nitrogen and oxygen atoms in total. The van der Waals surface area contributed by atoms with E-state index in [0.29, 0.717) is 37.0 Å². The summed E-state index contributed by atoms with van der Waals surface area (Å²) in [5.41, 5.74) is 1.82. The Morgan fingerprint density at radius 2 is 1.92 bits per heavy atom. The third-order valence-corrected chi connectivity index (χ3v) is 9.23. The highest BCUT2D eigenvalue weighted by molar-refractivity contribution is 5.67. The molecule has 0 saturated heterocycles.